The van der Waals surface area contributed by atoms with Crippen LogP contribution in [0.4, 0.5) is 13.2 Å². The van der Waals surface area contributed by atoms with E-state index in [4.69, 9.17) is 6.42 Å². The van der Waals surface area contributed by atoms with Gasteiger partial charge in [0.15, 0.2) is 0 Å². The van der Waals surface area contributed by atoms with Crippen molar-refractivity contribution in [1.82, 2.24) is 0 Å². The normalized spacial score (nSPS) is 7.75. The number of hydrogen-bond donors (Lipinski definition) is 0. The molecule has 0 aromatic rings. The molecule has 0 aliphatic carbocycles. The van der Waals surface area contributed by atoms with Crippen LogP contribution in [0, 0.1) is 12.3 Å². The zero-order valence-electron chi connectivity index (χ0n) is 3.72. The fourth-order valence-corrected chi connectivity index (χ4v) is 0. The van der Waals surface area contributed by atoms with Crippen LogP contribution in [-0.4, -0.2) is 29.2 Å². The molecule has 0 N–H and O–H groups in total. The van der Waals surface area contributed by atoms with Crippen molar-refractivity contribution in [3.8, 4) is 5.92 Å². The predicted octanol–water partition coefficient (Wildman–Crippen LogP) is -2.24. The molecule has 0 nitrogen and oxygen atoms in total. The molecule has 0 rings (SSSR count). The van der Waals surface area contributed by atoms with Crippen LogP contribution < -0.4 is 17.0 Å². The monoisotopic (exact) mass is 196 g/mol. The smallest absolute Gasteiger partial charge is 1.00 e. The van der Waals surface area contributed by atoms with E-state index in [9.17, 15) is 13.2 Å². The Kier molecular flexibility index (Phi) is 11.3. The van der Waals surface area contributed by atoms with Crippen molar-refractivity contribution < 1.29 is 30.2 Å². The van der Waals surface area contributed by atoms with E-state index in [-0.39, 0.29) is 40.0 Å². The van der Waals surface area contributed by atoms with Crippen LogP contribution in [0.3, 0.4) is 0 Å². The van der Waals surface area contributed by atoms with E-state index in [0.29, 0.717) is 5.92 Å². The molecule has 0 bridgehead atoms. The SMILES string of the molecule is [Br-].[C-]#CC(F)(F)F.[Mg+2]. The zero-order valence-corrected chi connectivity index (χ0v) is 6.72. The third-order valence-electron chi connectivity index (χ3n) is 0.142. The second kappa shape index (κ2) is 5.73. The average molecular weight is 197 g/mol. The van der Waals surface area contributed by atoms with Gasteiger partial charge in [0.1, 0.15) is 0 Å². The number of hydrogen-bond acceptors (Lipinski definition) is 0. The minimum absolute atomic E-state index is 0. The largest absolute Gasteiger partial charge is 2.00 e. The Morgan fingerprint density at radius 1 is 1.25 bits per heavy atom. The minimum atomic E-state index is -4.54. The van der Waals surface area contributed by atoms with E-state index in [2.05, 4.69) is 0 Å². The Morgan fingerprint density at radius 2 is 1.38 bits per heavy atom. The molecule has 0 saturated heterocycles. The second-order valence-electron chi connectivity index (χ2n) is 0.623. The number of alkyl halides is 3. The van der Waals surface area contributed by atoms with Gasteiger partial charge in [-0.1, -0.05) is 0 Å². The Labute approximate surface area is 71.7 Å². The van der Waals surface area contributed by atoms with E-state index in [1.54, 1.807) is 0 Å². The third kappa shape index (κ3) is 16.0. The summed E-state index contributed by atoms with van der Waals surface area (Å²) in [7, 11) is 0. The van der Waals surface area contributed by atoms with Gasteiger partial charge in [-0.2, -0.15) is 13.2 Å². The van der Waals surface area contributed by atoms with Crippen LogP contribution in [0.5, 0.6) is 0 Å². The van der Waals surface area contributed by atoms with E-state index in [1.165, 1.54) is 0 Å². The molecule has 0 spiro atoms. The summed E-state index contributed by atoms with van der Waals surface area (Å²) in [6, 6.07) is 0. The molecular formula is C3BrF3Mg. The van der Waals surface area contributed by atoms with Gasteiger partial charge < -0.3 is 23.4 Å². The Bertz CT molecular complexity index is 81.5. The Balaban J connectivity index is -0.000000125. The summed E-state index contributed by atoms with van der Waals surface area (Å²) in [5.74, 6) is 0.354. The molecule has 0 saturated carbocycles. The van der Waals surface area contributed by atoms with E-state index < -0.39 is 6.18 Å². The topological polar surface area (TPSA) is 0 Å². The fourth-order valence-electron chi connectivity index (χ4n) is 0. The first kappa shape index (κ1) is 15.8. The molecule has 8 heavy (non-hydrogen) atoms. The van der Waals surface area contributed by atoms with Crippen molar-refractivity contribution in [2.45, 2.75) is 6.18 Å². The van der Waals surface area contributed by atoms with Crippen LogP contribution in [0.2, 0.25) is 0 Å². The molecule has 0 aliphatic rings. The van der Waals surface area contributed by atoms with Gasteiger partial charge >= 0.3 is 29.2 Å². The van der Waals surface area contributed by atoms with Gasteiger partial charge in [0.2, 0.25) is 0 Å². The van der Waals surface area contributed by atoms with Crippen LogP contribution in [0.15, 0.2) is 0 Å². The zero-order chi connectivity index (χ0) is 5.21. The van der Waals surface area contributed by atoms with Crippen molar-refractivity contribution in [1.29, 1.82) is 0 Å². The maximum atomic E-state index is 10.5. The Morgan fingerprint density at radius 3 is 1.38 bits per heavy atom. The van der Waals surface area contributed by atoms with Gasteiger partial charge in [0.25, 0.3) is 0 Å². The first-order valence-corrected chi connectivity index (χ1v) is 1.07. The van der Waals surface area contributed by atoms with Crippen molar-refractivity contribution in [2.24, 2.45) is 0 Å². The summed E-state index contributed by atoms with van der Waals surface area (Å²) in [5, 5.41) is 0. The molecule has 0 radical (unpaired) electrons. The first-order chi connectivity index (χ1) is 2.56. The van der Waals surface area contributed by atoms with Gasteiger partial charge in [-0.15, -0.1) is 0 Å². The molecule has 0 amide bonds. The molecule has 0 atom stereocenters. The summed E-state index contributed by atoms with van der Waals surface area (Å²) in [5.41, 5.74) is 0. The maximum Gasteiger partial charge on any atom is 2.00 e. The molecule has 0 aliphatic heterocycles. The van der Waals surface area contributed by atoms with Gasteiger partial charge in [0.05, 0.1) is 0 Å². The van der Waals surface area contributed by atoms with Crippen molar-refractivity contribution in [2.75, 3.05) is 0 Å². The Hall–Kier alpha value is 0.596. The molecule has 5 heteroatoms. The molecule has 0 aromatic carbocycles. The van der Waals surface area contributed by atoms with Crippen molar-refractivity contribution >= 4 is 23.1 Å². The first-order valence-electron chi connectivity index (χ1n) is 1.07. The average Bonchev–Trinajstić information content (AvgIpc) is 1.35. The van der Waals surface area contributed by atoms with E-state index >= 15 is 0 Å². The molecule has 0 heterocycles. The molecule has 42 valence electrons. The molecule has 0 fully saturated rings. The third-order valence-corrected chi connectivity index (χ3v) is 0.142. The van der Waals surface area contributed by atoms with Crippen LogP contribution in [0.25, 0.3) is 0 Å². The summed E-state index contributed by atoms with van der Waals surface area (Å²) < 4.78 is 31.5. The van der Waals surface area contributed by atoms with Gasteiger partial charge in [0, 0.05) is 0 Å². The standard InChI is InChI=1S/C3F3.BrH.Mg/c1-2-3(4,5)6;;/h;1H;/q-1;;+2/p-1. The maximum absolute atomic E-state index is 10.5. The number of halogens is 4. The molecule has 0 unspecified atom stereocenters. The predicted molar refractivity (Wildman–Crippen MR) is 18.9 cm³/mol. The van der Waals surface area contributed by atoms with Gasteiger partial charge in [-0.3, -0.25) is 0 Å². The van der Waals surface area contributed by atoms with Crippen molar-refractivity contribution in [3.63, 3.8) is 0 Å². The van der Waals surface area contributed by atoms with Crippen LogP contribution in [-0.2, 0) is 0 Å². The summed E-state index contributed by atoms with van der Waals surface area (Å²) in [6.07, 6.45) is 0.938. The van der Waals surface area contributed by atoms with Crippen LogP contribution >= 0.6 is 0 Å². The fraction of sp³-hybridized carbons (Fsp3) is 0.333. The summed E-state index contributed by atoms with van der Waals surface area (Å²) in [4.78, 5) is 0. The van der Waals surface area contributed by atoms with Gasteiger partial charge in [-0.25, -0.2) is 5.92 Å². The number of rotatable bonds is 0. The summed E-state index contributed by atoms with van der Waals surface area (Å²) >= 11 is 0. The van der Waals surface area contributed by atoms with Crippen molar-refractivity contribution in [3.05, 3.63) is 6.42 Å². The minimum Gasteiger partial charge on any atom is -1.00 e. The van der Waals surface area contributed by atoms with E-state index in [1.807, 2.05) is 0 Å². The van der Waals surface area contributed by atoms with E-state index in [0.717, 1.165) is 0 Å². The molecular weight excluding hydrogens is 197 g/mol. The van der Waals surface area contributed by atoms with Gasteiger partial charge in [-0.05, 0) is 0 Å². The quantitative estimate of drug-likeness (QED) is 0.234. The second-order valence-corrected chi connectivity index (χ2v) is 0.623. The van der Waals surface area contributed by atoms with Crippen LogP contribution in [0.1, 0.15) is 0 Å². The molecule has 0 aromatic heterocycles. The summed E-state index contributed by atoms with van der Waals surface area (Å²) in [6.45, 7) is 0.